The molecule has 0 aliphatic rings. The summed E-state index contributed by atoms with van der Waals surface area (Å²) in [4.78, 5) is 0. The van der Waals surface area contributed by atoms with Crippen LogP contribution in [-0.2, 0) is 6.42 Å². The maximum Gasteiger partial charge on any atom is 0.129 e. The third-order valence-electron chi connectivity index (χ3n) is 1.95. The number of benzene rings is 1. The van der Waals surface area contributed by atoms with Crippen LogP contribution in [0.15, 0.2) is 24.8 Å². The molecule has 1 aromatic rings. The van der Waals surface area contributed by atoms with E-state index in [9.17, 15) is 8.78 Å². The summed E-state index contributed by atoms with van der Waals surface area (Å²) < 4.78 is 25.9. The van der Waals surface area contributed by atoms with E-state index in [4.69, 9.17) is 0 Å². The third kappa shape index (κ3) is 2.38. The Kier molecular flexibility index (Phi) is 3.18. The Hall–Kier alpha value is -1.18. The summed E-state index contributed by atoms with van der Waals surface area (Å²) >= 11 is 0. The molecule has 0 heterocycles. The SMILES string of the molecule is C=CCCc1cc(C)c(F)cc1F. The van der Waals surface area contributed by atoms with Crippen LogP contribution in [-0.4, -0.2) is 0 Å². The quantitative estimate of drug-likeness (QED) is 0.628. The lowest BCUT2D eigenvalue weighted by atomic mass is 10.1. The van der Waals surface area contributed by atoms with Gasteiger partial charge in [-0.05, 0) is 30.9 Å². The number of hydrogen-bond donors (Lipinski definition) is 0. The van der Waals surface area contributed by atoms with Gasteiger partial charge in [0.1, 0.15) is 11.6 Å². The molecule has 0 nitrogen and oxygen atoms in total. The van der Waals surface area contributed by atoms with Crippen molar-refractivity contribution in [2.24, 2.45) is 0 Å². The van der Waals surface area contributed by atoms with E-state index < -0.39 is 11.6 Å². The van der Waals surface area contributed by atoms with Crippen LogP contribution in [0, 0.1) is 18.6 Å². The Morgan fingerprint density at radius 2 is 2.00 bits per heavy atom. The molecule has 0 fully saturated rings. The zero-order valence-electron chi connectivity index (χ0n) is 7.61. The molecule has 0 atom stereocenters. The van der Waals surface area contributed by atoms with Gasteiger partial charge in [-0.25, -0.2) is 8.78 Å². The second-order valence-electron chi connectivity index (χ2n) is 3.02. The predicted molar refractivity (Wildman–Crippen MR) is 49.6 cm³/mol. The topological polar surface area (TPSA) is 0 Å². The van der Waals surface area contributed by atoms with Crippen molar-refractivity contribution in [1.29, 1.82) is 0 Å². The second kappa shape index (κ2) is 4.17. The summed E-state index contributed by atoms with van der Waals surface area (Å²) in [5.74, 6) is -0.954. The first-order chi connectivity index (χ1) is 6.15. The molecule has 70 valence electrons. The van der Waals surface area contributed by atoms with Gasteiger partial charge >= 0.3 is 0 Å². The lowest BCUT2D eigenvalue weighted by Gasteiger charge is -2.03. The Bertz CT molecular complexity index is 316. The number of hydrogen-bond acceptors (Lipinski definition) is 0. The Morgan fingerprint density at radius 1 is 1.31 bits per heavy atom. The van der Waals surface area contributed by atoms with Gasteiger partial charge in [-0.15, -0.1) is 6.58 Å². The molecule has 0 N–H and O–H groups in total. The van der Waals surface area contributed by atoms with Crippen LogP contribution in [0.25, 0.3) is 0 Å². The standard InChI is InChI=1S/C11H12F2/c1-3-4-5-9-6-8(2)10(12)7-11(9)13/h3,6-7H,1,4-5H2,2H3. The van der Waals surface area contributed by atoms with Crippen LogP contribution in [0.3, 0.4) is 0 Å². The fourth-order valence-corrected chi connectivity index (χ4v) is 1.17. The first-order valence-corrected chi connectivity index (χ1v) is 4.20. The molecule has 13 heavy (non-hydrogen) atoms. The maximum absolute atomic E-state index is 13.1. The summed E-state index contributed by atoms with van der Waals surface area (Å²) in [7, 11) is 0. The lowest BCUT2D eigenvalue weighted by Crippen LogP contribution is -1.94. The van der Waals surface area contributed by atoms with Crippen LogP contribution in [0.5, 0.6) is 0 Å². The van der Waals surface area contributed by atoms with Crippen LogP contribution < -0.4 is 0 Å². The molecule has 0 aliphatic heterocycles. The average molecular weight is 182 g/mol. The first kappa shape index (κ1) is 9.90. The number of rotatable bonds is 3. The molecule has 2 heteroatoms. The van der Waals surface area contributed by atoms with E-state index in [2.05, 4.69) is 6.58 Å². The summed E-state index contributed by atoms with van der Waals surface area (Å²) in [6.45, 7) is 5.18. The summed E-state index contributed by atoms with van der Waals surface area (Å²) in [5.41, 5.74) is 1.04. The highest BCUT2D eigenvalue weighted by Crippen LogP contribution is 2.15. The highest BCUT2D eigenvalue weighted by atomic mass is 19.1. The van der Waals surface area contributed by atoms with Gasteiger partial charge in [0.15, 0.2) is 0 Å². The van der Waals surface area contributed by atoms with Crippen molar-refractivity contribution in [3.8, 4) is 0 Å². The molecule has 0 aliphatic carbocycles. The third-order valence-corrected chi connectivity index (χ3v) is 1.95. The van der Waals surface area contributed by atoms with Gasteiger partial charge in [0.05, 0.1) is 0 Å². The van der Waals surface area contributed by atoms with E-state index in [0.717, 1.165) is 6.07 Å². The monoisotopic (exact) mass is 182 g/mol. The molecule has 0 amide bonds. The van der Waals surface area contributed by atoms with Crippen molar-refractivity contribution >= 4 is 0 Å². The second-order valence-corrected chi connectivity index (χ2v) is 3.02. The molecular weight excluding hydrogens is 170 g/mol. The minimum absolute atomic E-state index is 0.468. The normalized spacial score (nSPS) is 10.1. The van der Waals surface area contributed by atoms with E-state index in [1.807, 2.05) is 0 Å². The van der Waals surface area contributed by atoms with Crippen molar-refractivity contribution in [2.75, 3.05) is 0 Å². The van der Waals surface area contributed by atoms with Gasteiger partial charge in [-0.1, -0.05) is 12.1 Å². The largest absolute Gasteiger partial charge is 0.207 e. The van der Waals surface area contributed by atoms with Crippen molar-refractivity contribution in [1.82, 2.24) is 0 Å². The zero-order chi connectivity index (χ0) is 9.84. The highest BCUT2D eigenvalue weighted by Gasteiger charge is 2.05. The van der Waals surface area contributed by atoms with Crippen LogP contribution in [0.2, 0.25) is 0 Å². The average Bonchev–Trinajstić information content (AvgIpc) is 2.09. The molecule has 0 saturated carbocycles. The molecule has 1 rings (SSSR count). The molecule has 0 unspecified atom stereocenters. The molecular formula is C11H12F2. The smallest absolute Gasteiger partial charge is 0.129 e. The van der Waals surface area contributed by atoms with Gasteiger partial charge in [0.25, 0.3) is 0 Å². The number of aryl methyl sites for hydroxylation is 2. The maximum atomic E-state index is 13.1. The fraction of sp³-hybridized carbons (Fsp3) is 0.273. The van der Waals surface area contributed by atoms with Gasteiger partial charge in [0, 0.05) is 6.07 Å². The lowest BCUT2D eigenvalue weighted by molar-refractivity contribution is 0.566. The molecule has 0 radical (unpaired) electrons. The minimum atomic E-state index is -0.486. The Balaban J connectivity index is 2.94. The number of allylic oxidation sites excluding steroid dienone is 1. The Labute approximate surface area is 76.9 Å². The predicted octanol–water partition coefficient (Wildman–Crippen LogP) is 3.39. The fourth-order valence-electron chi connectivity index (χ4n) is 1.17. The summed E-state index contributed by atoms with van der Waals surface area (Å²) in [6, 6.07) is 2.49. The highest BCUT2D eigenvalue weighted by molar-refractivity contribution is 5.25. The van der Waals surface area contributed by atoms with Crippen LogP contribution in [0.1, 0.15) is 17.5 Å². The minimum Gasteiger partial charge on any atom is -0.207 e. The van der Waals surface area contributed by atoms with E-state index in [1.165, 1.54) is 0 Å². The summed E-state index contributed by atoms with van der Waals surface area (Å²) in [5, 5.41) is 0. The van der Waals surface area contributed by atoms with Crippen molar-refractivity contribution in [3.63, 3.8) is 0 Å². The molecule has 1 aromatic carbocycles. The number of halogens is 2. The van der Waals surface area contributed by atoms with E-state index >= 15 is 0 Å². The van der Waals surface area contributed by atoms with E-state index in [1.54, 1.807) is 19.1 Å². The van der Waals surface area contributed by atoms with Gasteiger partial charge in [-0.2, -0.15) is 0 Å². The Morgan fingerprint density at radius 3 is 2.62 bits per heavy atom. The van der Waals surface area contributed by atoms with Crippen molar-refractivity contribution in [2.45, 2.75) is 19.8 Å². The van der Waals surface area contributed by atoms with E-state index in [0.29, 0.717) is 24.0 Å². The molecule has 0 spiro atoms. The molecule has 0 aromatic heterocycles. The summed E-state index contributed by atoms with van der Waals surface area (Å²) in [6.07, 6.45) is 3.01. The van der Waals surface area contributed by atoms with Gasteiger partial charge in [0.2, 0.25) is 0 Å². The van der Waals surface area contributed by atoms with Crippen LogP contribution >= 0.6 is 0 Å². The van der Waals surface area contributed by atoms with Crippen molar-refractivity contribution < 1.29 is 8.78 Å². The van der Waals surface area contributed by atoms with Gasteiger partial charge < -0.3 is 0 Å². The van der Waals surface area contributed by atoms with E-state index in [-0.39, 0.29) is 0 Å². The zero-order valence-corrected chi connectivity index (χ0v) is 7.61. The molecule has 0 saturated heterocycles. The van der Waals surface area contributed by atoms with Crippen molar-refractivity contribution in [3.05, 3.63) is 47.5 Å². The van der Waals surface area contributed by atoms with Gasteiger partial charge in [-0.3, -0.25) is 0 Å². The molecule has 0 bridgehead atoms. The first-order valence-electron chi connectivity index (χ1n) is 4.20. The van der Waals surface area contributed by atoms with Crippen LogP contribution in [0.4, 0.5) is 8.78 Å².